The highest BCUT2D eigenvalue weighted by atomic mass is 19.1. The highest BCUT2D eigenvalue weighted by Crippen LogP contribution is 2.38. The zero-order chi connectivity index (χ0) is 23.5. The summed E-state index contributed by atoms with van der Waals surface area (Å²) < 4.78 is 16.0. The lowest BCUT2D eigenvalue weighted by molar-refractivity contribution is -0.145. The maximum atomic E-state index is 14.0. The fourth-order valence-corrected chi connectivity index (χ4v) is 5.92. The van der Waals surface area contributed by atoms with Crippen molar-refractivity contribution in [1.29, 1.82) is 0 Å². The quantitative estimate of drug-likeness (QED) is 0.557. The number of benzene rings is 1. The van der Waals surface area contributed by atoms with E-state index in [0.29, 0.717) is 12.3 Å². The van der Waals surface area contributed by atoms with Crippen LogP contribution in [0.5, 0.6) is 0 Å². The van der Waals surface area contributed by atoms with Crippen LogP contribution in [0.3, 0.4) is 0 Å². The molecule has 1 amide bonds. The normalized spacial score (nSPS) is 21.5. The lowest BCUT2D eigenvalue weighted by Gasteiger charge is -2.42. The van der Waals surface area contributed by atoms with Crippen LogP contribution >= 0.6 is 0 Å². The van der Waals surface area contributed by atoms with E-state index in [1.807, 2.05) is 18.5 Å². The number of carbonyl (C=O) groups excluding carboxylic acids is 1. The number of halogens is 1. The van der Waals surface area contributed by atoms with Gasteiger partial charge in [-0.25, -0.2) is 4.39 Å². The average molecular weight is 463 g/mol. The third-order valence-electron chi connectivity index (χ3n) is 7.98. The number of hydrogen-bond acceptors (Lipinski definition) is 3. The van der Waals surface area contributed by atoms with E-state index in [4.69, 9.17) is 0 Å². The molecule has 2 aromatic heterocycles. The minimum Gasteiger partial charge on any atom is -0.342 e. The standard InChI is InChI=1S/C28H35FN4O/c1-31-16-10-28(11-17-31,21-23-5-2-7-24(29)19-23)27(34)33-14-3-6-22(9-15-33)20-25-26-8-4-13-32(26)18-12-30-25/h2,4-5,7-8,12-13,18-19,22H,3,6,9-11,14-17,20-21H2,1H3/t22-/m0/s1. The summed E-state index contributed by atoms with van der Waals surface area (Å²) >= 11 is 0. The van der Waals surface area contributed by atoms with E-state index in [0.717, 1.165) is 76.0 Å². The van der Waals surface area contributed by atoms with Gasteiger partial charge in [0.25, 0.3) is 0 Å². The Balaban J connectivity index is 1.29. The van der Waals surface area contributed by atoms with Gasteiger partial charge < -0.3 is 14.2 Å². The Morgan fingerprint density at radius 1 is 1.09 bits per heavy atom. The van der Waals surface area contributed by atoms with Crippen LogP contribution in [0.4, 0.5) is 4.39 Å². The summed E-state index contributed by atoms with van der Waals surface area (Å²) in [5.74, 6) is 0.581. The first-order valence-electron chi connectivity index (χ1n) is 12.7. The van der Waals surface area contributed by atoms with Crippen molar-refractivity contribution in [2.75, 3.05) is 33.2 Å². The number of piperidine rings is 1. The van der Waals surface area contributed by atoms with Crippen molar-refractivity contribution in [3.8, 4) is 0 Å². The van der Waals surface area contributed by atoms with E-state index in [1.165, 1.54) is 11.6 Å². The SMILES string of the molecule is CN1CCC(Cc2cccc(F)c2)(C(=O)N2CCC[C@H](Cc3nccn4cccc34)CC2)CC1. The number of rotatable bonds is 5. The molecule has 2 fully saturated rings. The van der Waals surface area contributed by atoms with Gasteiger partial charge in [-0.1, -0.05) is 12.1 Å². The number of carbonyl (C=O) groups is 1. The van der Waals surface area contributed by atoms with Gasteiger partial charge in [0.05, 0.1) is 16.6 Å². The monoisotopic (exact) mass is 462 g/mol. The van der Waals surface area contributed by atoms with Crippen molar-refractivity contribution in [1.82, 2.24) is 19.2 Å². The van der Waals surface area contributed by atoms with Crippen LogP contribution in [0, 0.1) is 17.2 Å². The fraction of sp³-hybridized carbons (Fsp3) is 0.500. The largest absolute Gasteiger partial charge is 0.342 e. The van der Waals surface area contributed by atoms with Crippen LogP contribution in [0.25, 0.3) is 5.52 Å². The molecule has 0 N–H and O–H groups in total. The molecular formula is C28H35FN4O. The molecule has 3 aromatic rings. The van der Waals surface area contributed by atoms with Crippen molar-refractivity contribution in [2.24, 2.45) is 11.3 Å². The maximum absolute atomic E-state index is 14.0. The van der Waals surface area contributed by atoms with Crippen molar-refractivity contribution < 1.29 is 9.18 Å². The molecule has 1 atom stereocenters. The molecule has 0 unspecified atom stereocenters. The molecule has 6 heteroatoms. The zero-order valence-corrected chi connectivity index (χ0v) is 20.1. The second-order valence-electron chi connectivity index (χ2n) is 10.4. The van der Waals surface area contributed by atoms with Gasteiger partial charge in [-0.3, -0.25) is 9.78 Å². The van der Waals surface area contributed by atoms with Gasteiger partial charge >= 0.3 is 0 Å². The molecule has 2 aliphatic heterocycles. The summed E-state index contributed by atoms with van der Waals surface area (Å²) in [6.45, 7) is 3.43. The lowest BCUT2D eigenvalue weighted by atomic mass is 9.72. The molecule has 2 saturated heterocycles. The van der Waals surface area contributed by atoms with Crippen LogP contribution in [0.1, 0.15) is 43.4 Å². The first kappa shape index (κ1) is 23.0. The molecule has 1 aromatic carbocycles. The predicted molar refractivity (Wildman–Crippen MR) is 132 cm³/mol. The van der Waals surface area contributed by atoms with E-state index in [2.05, 4.69) is 44.6 Å². The van der Waals surface area contributed by atoms with Gasteiger partial charge in [0, 0.05) is 31.7 Å². The Morgan fingerprint density at radius 3 is 2.76 bits per heavy atom. The molecule has 34 heavy (non-hydrogen) atoms. The third kappa shape index (κ3) is 4.88. The summed E-state index contributed by atoms with van der Waals surface area (Å²) in [5, 5.41) is 0. The lowest BCUT2D eigenvalue weighted by Crippen LogP contribution is -2.51. The van der Waals surface area contributed by atoms with Crippen molar-refractivity contribution in [3.63, 3.8) is 0 Å². The Hall–Kier alpha value is -2.73. The van der Waals surface area contributed by atoms with Gasteiger partial charge in [0.2, 0.25) is 5.91 Å². The summed E-state index contributed by atoms with van der Waals surface area (Å²) in [5.41, 5.74) is 2.83. The molecular weight excluding hydrogens is 427 g/mol. The van der Waals surface area contributed by atoms with E-state index in [1.54, 1.807) is 12.1 Å². The summed E-state index contributed by atoms with van der Waals surface area (Å²) in [6, 6.07) is 11.0. The Morgan fingerprint density at radius 2 is 1.94 bits per heavy atom. The zero-order valence-electron chi connectivity index (χ0n) is 20.1. The Labute approximate surface area is 201 Å². The highest BCUT2D eigenvalue weighted by molar-refractivity contribution is 5.83. The van der Waals surface area contributed by atoms with Crippen LogP contribution in [0.15, 0.2) is 55.0 Å². The number of hydrogen-bond donors (Lipinski definition) is 0. The molecule has 5 nitrogen and oxygen atoms in total. The molecule has 0 spiro atoms. The van der Waals surface area contributed by atoms with Crippen LogP contribution in [-0.2, 0) is 17.6 Å². The minimum absolute atomic E-state index is 0.225. The second-order valence-corrected chi connectivity index (χ2v) is 10.4. The van der Waals surface area contributed by atoms with Gasteiger partial charge in [0.1, 0.15) is 5.82 Å². The van der Waals surface area contributed by atoms with Crippen LogP contribution in [-0.4, -0.2) is 58.3 Å². The smallest absolute Gasteiger partial charge is 0.229 e. The number of amides is 1. The molecule has 2 aliphatic rings. The summed E-state index contributed by atoms with van der Waals surface area (Å²) in [4.78, 5) is 23.1. The molecule has 0 radical (unpaired) electrons. The predicted octanol–water partition coefficient (Wildman–Crippen LogP) is 4.60. The highest BCUT2D eigenvalue weighted by Gasteiger charge is 2.43. The van der Waals surface area contributed by atoms with Crippen LogP contribution < -0.4 is 0 Å². The molecule has 5 rings (SSSR count). The minimum atomic E-state index is -0.431. The summed E-state index contributed by atoms with van der Waals surface area (Å²) in [6.07, 6.45) is 12.3. The molecule has 0 saturated carbocycles. The van der Waals surface area contributed by atoms with E-state index in [9.17, 15) is 9.18 Å². The molecule has 180 valence electrons. The van der Waals surface area contributed by atoms with E-state index < -0.39 is 5.41 Å². The van der Waals surface area contributed by atoms with Crippen molar-refractivity contribution >= 4 is 11.4 Å². The maximum Gasteiger partial charge on any atom is 0.229 e. The van der Waals surface area contributed by atoms with Gasteiger partial charge in [-0.05, 0) is 101 Å². The number of likely N-dealkylation sites (tertiary alicyclic amines) is 2. The number of fused-ring (bicyclic) bond motifs is 1. The topological polar surface area (TPSA) is 40.9 Å². The average Bonchev–Trinajstić information content (AvgIpc) is 3.21. The van der Waals surface area contributed by atoms with Crippen molar-refractivity contribution in [2.45, 2.75) is 44.9 Å². The second kappa shape index (κ2) is 9.87. The molecule has 0 bridgehead atoms. The molecule has 4 heterocycles. The number of aromatic nitrogens is 2. The van der Waals surface area contributed by atoms with Crippen molar-refractivity contribution in [3.05, 3.63) is 72.1 Å². The van der Waals surface area contributed by atoms with Gasteiger partial charge in [-0.15, -0.1) is 0 Å². The molecule has 0 aliphatic carbocycles. The fourth-order valence-electron chi connectivity index (χ4n) is 5.92. The Kier molecular flexibility index (Phi) is 6.68. The third-order valence-corrected chi connectivity index (χ3v) is 7.98. The summed E-state index contributed by atoms with van der Waals surface area (Å²) in [7, 11) is 2.12. The van der Waals surface area contributed by atoms with E-state index >= 15 is 0 Å². The van der Waals surface area contributed by atoms with Gasteiger partial charge in [0.15, 0.2) is 0 Å². The first-order valence-corrected chi connectivity index (χ1v) is 12.7. The number of nitrogens with zero attached hydrogens (tertiary/aromatic N) is 4. The van der Waals surface area contributed by atoms with Crippen LogP contribution in [0.2, 0.25) is 0 Å². The Bertz CT molecular complexity index is 1130. The first-order chi connectivity index (χ1) is 16.5. The van der Waals surface area contributed by atoms with E-state index in [-0.39, 0.29) is 11.7 Å². The van der Waals surface area contributed by atoms with Gasteiger partial charge in [-0.2, -0.15) is 0 Å².